The maximum Gasteiger partial charge on any atom is 0.329 e. The van der Waals surface area contributed by atoms with Gasteiger partial charge in [-0.1, -0.05) is 30.8 Å². The van der Waals surface area contributed by atoms with Gasteiger partial charge in [0.05, 0.1) is 23.9 Å². The molecule has 0 aliphatic heterocycles. The van der Waals surface area contributed by atoms with Crippen molar-refractivity contribution < 1.29 is 9.53 Å². The Balaban J connectivity index is 1.69. The molecule has 0 bridgehead atoms. The third-order valence-electron chi connectivity index (χ3n) is 5.16. The second-order valence-electron chi connectivity index (χ2n) is 7.30. The highest BCUT2D eigenvalue weighted by Crippen LogP contribution is 2.29. The lowest BCUT2D eigenvalue weighted by Crippen LogP contribution is -2.36. The lowest BCUT2D eigenvalue weighted by Gasteiger charge is -2.12. The van der Waals surface area contributed by atoms with E-state index in [1.54, 1.807) is 7.11 Å². The number of aromatic nitrogens is 4. The van der Waals surface area contributed by atoms with Crippen molar-refractivity contribution in [3.63, 3.8) is 0 Å². The summed E-state index contributed by atoms with van der Waals surface area (Å²) in [6.07, 6.45) is 0.629. The molecule has 0 unspecified atom stereocenters. The summed E-state index contributed by atoms with van der Waals surface area (Å²) in [6.45, 7) is 2.18. The summed E-state index contributed by atoms with van der Waals surface area (Å²) in [5, 5.41) is 0.589. The number of ether oxygens (including phenoxy) is 1. The average Bonchev–Trinajstić information content (AvgIpc) is 3.18. The number of benzene rings is 2. The average molecular weight is 466 g/mol. The molecule has 4 aromatic rings. The minimum Gasteiger partial charge on any atom is -0.497 e. The molecule has 3 N–H and O–H groups in total. The zero-order valence-corrected chi connectivity index (χ0v) is 19.0. The topological polar surface area (TPSA) is 125 Å². The molecule has 2 aromatic heterocycles. The first-order chi connectivity index (χ1) is 15.9. The predicted molar refractivity (Wildman–Crippen MR) is 129 cm³/mol. The number of imidazole rings is 1. The summed E-state index contributed by atoms with van der Waals surface area (Å²) in [5.74, 6) is 0.0677. The third-order valence-corrected chi connectivity index (χ3v) is 6.10. The van der Waals surface area contributed by atoms with Crippen LogP contribution in [-0.2, 0) is 6.54 Å². The fourth-order valence-corrected chi connectivity index (χ4v) is 4.49. The molecule has 0 atom stereocenters. The van der Waals surface area contributed by atoms with Crippen LogP contribution in [0.25, 0.3) is 16.7 Å². The van der Waals surface area contributed by atoms with Crippen molar-refractivity contribution in [2.45, 2.75) is 25.0 Å². The molecule has 0 saturated carbocycles. The van der Waals surface area contributed by atoms with E-state index in [9.17, 15) is 14.4 Å². The monoisotopic (exact) mass is 465 g/mol. The number of nitrogens with two attached hydrogens (primary N) is 1. The molecule has 10 heteroatoms. The van der Waals surface area contributed by atoms with Crippen LogP contribution in [0.2, 0.25) is 0 Å². The Morgan fingerprint density at radius 3 is 2.58 bits per heavy atom. The van der Waals surface area contributed by atoms with Gasteiger partial charge in [0.25, 0.3) is 5.56 Å². The highest BCUT2D eigenvalue weighted by atomic mass is 32.2. The van der Waals surface area contributed by atoms with E-state index in [0.29, 0.717) is 18.1 Å². The van der Waals surface area contributed by atoms with Crippen molar-refractivity contribution in [1.29, 1.82) is 0 Å². The molecule has 0 radical (unpaired) electrons. The van der Waals surface area contributed by atoms with Gasteiger partial charge in [-0.3, -0.25) is 23.7 Å². The van der Waals surface area contributed by atoms with E-state index in [4.69, 9.17) is 10.5 Å². The van der Waals surface area contributed by atoms with Gasteiger partial charge in [0.1, 0.15) is 17.1 Å². The molecule has 0 aliphatic carbocycles. The van der Waals surface area contributed by atoms with Crippen molar-refractivity contribution in [2.75, 3.05) is 18.6 Å². The summed E-state index contributed by atoms with van der Waals surface area (Å²) in [7, 11) is 1.60. The van der Waals surface area contributed by atoms with Crippen molar-refractivity contribution in [2.24, 2.45) is 0 Å². The molecule has 2 aromatic carbocycles. The van der Waals surface area contributed by atoms with Gasteiger partial charge in [-0.2, -0.15) is 0 Å². The first kappa shape index (κ1) is 22.4. The predicted octanol–water partition coefficient (Wildman–Crippen LogP) is 2.85. The van der Waals surface area contributed by atoms with Crippen molar-refractivity contribution >= 4 is 34.4 Å². The number of thioether (sulfide) groups is 1. The summed E-state index contributed by atoms with van der Waals surface area (Å²) < 4.78 is 8.40. The molecule has 0 fully saturated rings. The van der Waals surface area contributed by atoms with Gasteiger partial charge in [0.2, 0.25) is 0 Å². The van der Waals surface area contributed by atoms with Gasteiger partial charge in [-0.25, -0.2) is 9.78 Å². The number of carbonyl (C=O) groups is 1. The standard InChI is InChI=1S/C23H23N5O4S/c1-3-12-27-20(24)19(21(30)26-22(27)31)18(29)13-33-23-25-16-6-4-5-7-17(16)28(23)14-8-10-15(32-2)11-9-14/h4-11H,3,12-13,24H2,1-2H3,(H,26,30,31). The summed E-state index contributed by atoms with van der Waals surface area (Å²) in [5.41, 5.74) is 6.94. The molecule has 170 valence electrons. The van der Waals surface area contributed by atoms with Crippen LogP contribution in [0.15, 0.2) is 63.3 Å². The Kier molecular flexibility index (Phi) is 6.36. The Hall–Kier alpha value is -3.79. The molecule has 33 heavy (non-hydrogen) atoms. The highest BCUT2D eigenvalue weighted by molar-refractivity contribution is 7.99. The second-order valence-corrected chi connectivity index (χ2v) is 8.24. The Morgan fingerprint density at radius 2 is 1.88 bits per heavy atom. The molecule has 0 aliphatic rings. The molecule has 0 saturated heterocycles. The van der Waals surface area contributed by atoms with E-state index in [-0.39, 0.29) is 17.1 Å². The lowest BCUT2D eigenvalue weighted by atomic mass is 10.2. The number of Topliss-reactive ketones (excluding diaryl/α,β-unsaturated/α-hetero) is 1. The van der Waals surface area contributed by atoms with Gasteiger partial charge >= 0.3 is 5.69 Å². The number of methoxy groups -OCH3 is 1. The zero-order chi connectivity index (χ0) is 23.5. The number of carbonyl (C=O) groups excluding carboxylic acids is 1. The Morgan fingerprint density at radius 1 is 1.15 bits per heavy atom. The number of anilines is 1. The minimum atomic E-state index is -0.779. The number of rotatable bonds is 8. The second kappa shape index (κ2) is 9.37. The van der Waals surface area contributed by atoms with Crippen LogP contribution in [0.1, 0.15) is 23.7 Å². The molecular weight excluding hydrogens is 442 g/mol. The number of para-hydroxylation sites is 2. The molecule has 0 amide bonds. The first-order valence-electron chi connectivity index (χ1n) is 10.3. The molecule has 0 spiro atoms. The fraction of sp³-hybridized carbons (Fsp3) is 0.217. The smallest absolute Gasteiger partial charge is 0.329 e. The number of nitrogen functional groups attached to an aromatic ring is 1. The van der Waals surface area contributed by atoms with E-state index in [0.717, 1.165) is 22.5 Å². The highest BCUT2D eigenvalue weighted by Gasteiger charge is 2.21. The number of nitrogens with zero attached hydrogens (tertiary/aromatic N) is 3. The Labute approximate surface area is 193 Å². The SMILES string of the molecule is CCCn1c(N)c(C(=O)CSc2nc3ccccc3n2-c2ccc(OC)cc2)c(=O)[nH]c1=O. The fourth-order valence-electron chi connectivity index (χ4n) is 3.59. The lowest BCUT2D eigenvalue weighted by molar-refractivity contribution is 0.102. The van der Waals surface area contributed by atoms with Crippen LogP contribution in [0.5, 0.6) is 5.75 Å². The van der Waals surface area contributed by atoms with Crippen LogP contribution < -0.4 is 21.7 Å². The van der Waals surface area contributed by atoms with E-state index in [1.165, 1.54) is 16.3 Å². The van der Waals surface area contributed by atoms with Gasteiger partial charge in [-0.05, 0) is 42.8 Å². The maximum absolute atomic E-state index is 13.0. The number of ketones is 1. The summed E-state index contributed by atoms with van der Waals surface area (Å²) in [4.78, 5) is 44.2. The normalized spacial score (nSPS) is 11.1. The van der Waals surface area contributed by atoms with Gasteiger partial charge in [0.15, 0.2) is 10.9 Å². The summed E-state index contributed by atoms with van der Waals surface area (Å²) in [6, 6.07) is 15.2. The van der Waals surface area contributed by atoms with Crippen molar-refractivity contribution in [3.05, 3.63) is 74.9 Å². The van der Waals surface area contributed by atoms with Gasteiger partial charge in [0, 0.05) is 12.2 Å². The van der Waals surface area contributed by atoms with E-state index in [1.807, 2.05) is 60.0 Å². The first-order valence-corrected chi connectivity index (χ1v) is 11.3. The van der Waals surface area contributed by atoms with Crippen LogP contribution in [0.4, 0.5) is 5.82 Å². The largest absolute Gasteiger partial charge is 0.497 e. The number of nitrogens with one attached hydrogen (secondary N) is 1. The molecule has 4 rings (SSSR count). The van der Waals surface area contributed by atoms with Crippen LogP contribution in [0.3, 0.4) is 0 Å². The molecular formula is C23H23N5O4S. The minimum absolute atomic E-state index is 0.0723. The van der Waals surface area contributed by atoms with E-state index >= 15 is 0 Å². The number of fused-ring (bicyclic) bond motifs is 1. The van der Waals surface area contributed by atoms with Crippen LogP contribution >= 0.6 is 11.8 Å². The quantitative estimate of drug-likeness (QED) is 0.303. The van der Waals surface area contributed by atoms with Crippen LogP contribution in [-0.4, -0.2) is 37.7 Å². The van der Waals surface area contributed by atoms with Crippen molar-refractivity contribution in [3.8, 4) is 11.4 Å². The number of hydrogen-bond donors (Lipinski definition) is 2. The number of hydrogen-bond acceptors (Lipinski definition) is 7. The third kappa shape index (κ3) is 4.29. The summed E-state index contributed by atoms with van der Waals surface area (Å²) >= 11 is 1.20. The van der Waals surface area contributed by atoms with E-state index in [2.05, 4.69) is 9.97 Å². The maximum atomic E-state index is 13.0. The Bertz CT molecular complexity index is 1440. The zero-order valence-electron chi connectivity index (χ0n) is 18.2. The van der Waals surface area contributed by atoms with Gasteiger partial charge in [-0.15, -0.1) is 0 Å². The number of H-pyrrole nitrogens is 1. The molecule has 9 nitrogen and oxygen atoms in total. The molecule has 2 heterocycles. The number of aromatic amines is 1. The van der Waals surface area contributed by atoms with Crippen molar-refractivity contribution in [1.82, 2.24) is 19.1 Å². The van der Waals surface area contributed by atoms with Crippen LogP contribution in [0, 0.1) is 0 Å². The van der Waals surface area contributed by atoms with Gasteiger partial charge < -0.3 is 10.5 Å². The van der Waals surface area contributed by atoms with E-state index < -0.39 is 17.0 Å².